The Morgan fingerprint density at radius 3 is 1.40 bits per heavy atom. The van der Waals surface area contributed by atoms with Crippen molar-refractivity contribution in [3.05, 3.63) is 72.8 Å². The molecular weight excluding hydrogens is 302 g/mol. The minimum absolute atomic E-state index is 0.00570. The zero-order valence-electron chi connectivity index (χ0n) is 14.9. The Balaban J connectivity index is 2.18. The molecule has 0 radical (unpaired) electrons. The maximum Gasteiger partial charge on any atom is 0.0576 e. The highest BCUT2D eigenvalue weighted by Gasteiger charge is 2.23. The number of aromatic nitrogens is 1. The van der Waals surface area contributed by atoms with E-state index in [1.54, 1.807) is 0 Å². The number of hydrogen-bond donors (Lipinski definition) is 0. The molecular formula is C24H21N. The Kier molecular flexibility index (Phi) is 2.82. The Morgan fingerprint density at radius 1 is 0.520 bits per heavy atom. The number of rotatable bonds is 0. The summed E-state index contributed by atoms with van der Waals surface area (Å²) in [5.41, 5.74) is 2.68. The summed E-state index contributed by atoms with van der Waals surface area (Å²) in [6.07, 6.45) is 0. The van der Waals surface area contributed by atoms with Crippen molar-refractivity contribution in [2.75, 3.05) is 0 Å². The lowest BCUT2D eigenvalue weighted by atomic mass is 10.0. The maximum atomic E-state index is 2.54. The molecule has 0 spiro atoms. The van der Waals surface area contributed by atoms with Crippen molar-refractivity contribution in [3.8, 4) is 0 Å². The van der Waals surface area contributed by atoms with E-state index in [9.17, 15) is 0 Å². The summed E-state index contributed by atoms with van der Waals surface area (Å²) in [5, 5.41) is 7.94. The molecule has 122 valence electrons. The first-order valence-corrected chi connectivity index (χ1v) is 8.90. The number of hydrogen-bond acceptors (Lipinski definition) is 0. The molecule has 1 aromatic heterocycles. The van der Waals surface area contributed by atoms with Crippen LogP contribution in [0.15, 0.2) is 72.8 Å². The fraction of sp³-hybridized carbons (Fsp3) is 0.167. The van der Waals surface area contributed by atoms with Gasteiger partial charge in [0.05, 0.1) is 11.0 Å². The second-order valence-electron chi connectivity index (χ2n) is 7.87. The fourth-order valence-corrected chi connectivity index (χ4v) is 4.21. The average Bonchev–Trinajstić information content (AvgIpc) is 2.97. The van der Waals surface area contributed by atoms with E-state index in [0.717, 1.165) is 0 Å². The lowest BCUT2D eigenvalue weighted by Crippen LogP contribution is -2.21. The summed E-state index contributed by atoms with van der Waals surface area (Å²) in [5.74, 6) is 0. The molecule has 0 aliphatic carbocycles. The van der Waals surface area contributed by atoms with Crippen LogP contribution in [-0.4, -0.2) is 4.57 Å². The largest absolute Gasteiger partial charge is 0.334 e. The lowest BCUT2D eigenvalue weighted by molar-refractivity contribution is 0.424. The quantitative estimate of drug-likeness (QED) is 0.293. The van der Waals surface area contributed by atoms with E-state index in [1.165, 1.54) is 43.4 Å². The van der Waals surface area contributed by atoms with Crippen molar-refractivity contribution in [2.45, 2.75) is 26.3 Å². The second-order valence-corrected chi connectivity index (χ2v) is 7.87. The van der Waals surface area contributed by atoms with Gasteiger partial charge in [-0.05, 0) is 31.5 Å². The van der Waals surface area contributed by atoms with Crippen LogP contribution >= 0.6 is 0 Å². The molecule has 0 aliphatic rings. The van der Waals surface area contributed by atoms with Crippen LogP contribution in [0.3, 0.4) is 0 Å². The molecule has 0 fully saturated rings. The highest BCUT2D eigenvalue weighted by atomic mass is 15.0. The zero-order chi connectivity index (χ0) is 17.2. The molecule has 5 rings (SSSR count). The Labute approximate surface area is 147 Å². The van der Waals surface area contributed by atoms with E-state index in [0.29, 0.717) is 0 Å². The van der Waals surface area contributed by atoms with Crippen LogP contribution in [0, 0.1) is 0 Å². The van der Waals surface area contributed by atoms with Gasteiger partial charge in [0.2, 0.25) is 0 Å². The van der Waals surface area contributed by atoms with Gasteiger partial charge in [-0.1, -0.05) is 72.8 Å². The van der Waals surface area contributed by atoms with E-state index in [2.05, 4.69) is 98.1 Å². The van der Waals surface area contributed by atoms with E-state index in [4.69, 9.17) is 0 Å². The SMILES string of the molecule is CC(C)(C)n1c2c3ccccc3ccc2c2ccc3ccccc3c21. The van der Waals surface area contributed by atoms with Gasteiger partial charge in [0, 0.05) is 27.1 Å². The molecule has 0 bridgehead atoms. The fourth-order valence-electron chi connectivity index (χ4n) is 4.21. The molecule has 1 heteroatoms. The summed E-state index contributed by atoms with van der Waals surface area (Å²) in [6, 6.07) is 26.5. The molecule has 0 saturated carbocycles. The van der Waals surface area contributed by atoms with Crippen molar-refractivity contribution in [1.29, 1.82) is 0 Å². The molecule has 1 nitrogen and oxygen atoms in total. The Hall–Kier alpha value is -2.80. The summed E-state index contributed by atoms with van der Waals surface area (Å²) in [7, 11) is 0. The molecule has 4 aromatic carbocycles. The third-order valence-electron chi connectivity index (χ3n) is 5.21. The zero-order valence-corrected chi connectivity index (χ0v) is 14.9. The van der Waals surface area contributed by atoms with E-state index in [-0.39, 0.29) is 5.54 Å². The summed E-state index contributed by atoms with van der Waals surface area (Å²) in [6.45, 7) is 6.90. The van der Waals surface area contributed by atoms with Crippen molar-refractivity contribution in [2.24, 2.45) is 0 Å². The first kappa shape index (κ1) is 14.5. The van der Waals surface area contributed by atoms with Gasteiger partial charge in [0.1, 0.15) is 0 Å². The Morgan fingerprint density at radius 2 is 0.960 bits per heavy atom. The normalized spacial score (nSPS) is 12.6. The summed E-state index contributed by atoms with van der Waals surface area (Å²) < 4.78 is 2.54. The summed E-state index contributed by atoms with van der Waals surface area (Å²) >= 11 is 0. The van der Waals surface area contributed by atoms with Crippen LogP contribution in [-0.2, 0) is 5.54 Å². The third-order valence-corrected chi connectivity index (χ3v) is 5.21. The van der Waals surface area contributed by atoms with Gasteiger partial charge < -0.3 is 4.57 Å². The standard InChI is InChI=1S/C24H21N/c1-24(2,3)25-22-18-10-6-4-8-16(18)12-14-20(22)21-15-13-17-9-5-7-11-19(17)23(21)25/h4-15H,1-3H3. The van der Waals surface area contributed by atoms with Gasteiger partial charge in [0.25, 0.3) is 0 Å². The molecule has 25 heavy (non-hydrogen) atoms. The molecule has 0 N–H and O–H groups in total. The predicted molar refractivity (Wildman–Crippen MR) is 109 cm³/mol. The maximum absolute atomic E-state index is 2.54. The molecule has 0 aliphatic heterocycles. The van der Waals surface area contributed by atoms with Crippen molar-refractivity contribution in [1.82, 2.24) is 4.57 Å². The van der Waals surface area contributed by atoms with Crippen molar-refractivity contribution < 1.29 is 0 Å². The van der Waals surface area contributed by atoms with Crippen LogP contribution in [0.5, 0.6) is 0 Å². The van der Waals surface area contributed by atoms with Crippen LogP contribution < -0.4 is 0 Å². The van der Waals surface area contributed by atoms with Crippen molar-refractivity contribution >= 4 is 43.4 Å². The van der Waals surface area contributed by atoms with E-state index < -0.39 is 0 Å². The number of fused-ring (bicyclic) bond motifs is 7. The average molecular weight is 323 g/mol. The van der Waals surface area contributed by atoms with Crippen LogP contribution in [0.25, 0.3) is 43.4 Å². The first-order valence-electron chi connectivity index (χ1n) is 8.90. The number of benzene rings is 4. The highest BCUT2D eigenvalue weighted by Crippen LogP contribution is 2.40. The second kappa shape index (κ2) is 4.86. The van der Waals surface area contributed by atoms with E-state index >= 15 is 0 Å². The van der Waals surface area contributed by atoms with Crippen LogP contribution in [0.4, 0.5) is 0 Å². The minimum atomic E-state index is -0.00570. The topological polar surface area (TPSA) is 4.93 Å². The third kappa shape index (κ3) is 1.96. The summed E-state index contributed by atoms with van der Waals surface area (Å²) in [4.78, 5) is 0. The van der Waals surface area contributed by atoms with Gasteiger partial charge in [-0.2, -0.15) is 0 Å². The van der Waals surface area contributed by atoms with Crippen molar-refractivity contribution in [3.63, 3.8) is 0 Å². The van der Waals surface area contributed by atoms with Gasteiger partial charge in [-0.25, -0.2) is 0 Å². The van der Waals surface area contributed by atoms with Crippen LogP contribution in [0.2, 0.25) is 0 Å². The number of nitrogens with zero attached hydrogens (tertiary/aromatic N) is 1. The molecule has 0 saturated heterocycles. The molecule has 0 amide bonds. The van der Waals surface area contributed by atoms with Gasteiger partial charge in [-0.15, -0.1) is 0 Å². The molecule has 0 atom stereocenters. The van der Waals surface area contributed by atoms with Gasteiger partial charge in [-0.3, -0.25) is 0 Å². The monoisotopic (exact) mass is 323 g/mol. The smallest absolute Gasteiger partial charge is 0.0576 e. The molecule has 5 aromatic rings. The van der Waals surface area contributed by atoms with E-state index in [1.807, 2.05) is 0 Å². The molecule has 1 heterocycles. The minimum Gasteiger partial charge on any atom is -0.334 e. The molecule has 0 unspecified atom stereocenters. The lowest BCUT2D eigenvalue weighted by Gasteiger charge is -2.25. The Bertz CT molecular complexity index is 1170. The van der Waals surface area contributed by atoms with Gasteiger partial charge in [0.15, 0.2) is 0 Å². The predicted octanol–water partition coefficient (Wildman–Crippen LogP) is 6.86. The van der Waals surface area contributed by atoms with Gasteiger partial charge >= 0.3 is 0 Å². The first-order chi connectivity index (χ1) is 12.1. The highest BCUT2D eigenvalue weighted by molar-refractivity contribution is 6.23. The van der Waals surface area contributed by atoms with Crippen LogP contribution in [0.1, 0.15) is 20.8 Å².